The molecule has 1 atom stereocenters. The summed E-state index contributed by atoms with van der Waals surface area (Å²) in [5.41, 5.74) is 4.65. The molecule has 31 heavy (non-hydrogen) atoms. The Kier molecular flexibility index (Phi) is 5.07. The second-order valence-corrected chi connectivity index (χ2v) is 7.92. The summed E-state index contributed by atoms with van der Waals surface area (Å²) in [6.45, 7) is 1.88. The van der Waals surface area contributed by atoms with Crippen molar-refractivity contribution in [1.82, 2.24) is 20.6 Å². The molecule has 1 N–H and O–H groups in total. The van der Waals surface area contributed by atoms with E-state index in [2.05, 4.69) is 20.6 Å². The molecule has 8 nitrogen and oxygen atoms in total. The Hall–Kier alpha value is -3.39. The molecular formula is C23H24N4O4. The van der Waals surface area contributed by atoms with Crippen LogP contribution in [0.25, 0.3) is 17.2 Å². The number of methoxy groups -OCH3 is 1. The molecule has 0 saturated heterocycles. The van der Waals surface area contributed by atoms with Crippen molar-refractivity contribution in [2.75, 3.05) is 7.11 Å². The van der Waals surface area contributed by atoms with Crippen LogP contribution in [0.1, 0.15) is 44.0 Å². The van der Waals surface area contributed by atoms with Crippen LogP contribution in [-0.4, -0.2) is 28.3 Å². The van der Waals surface area contributed by atoms with Gasteiger partial charge in [-0.15, -0.1) is 0 Å². The number of aromatic nitrogens is 3. The van der Waals surface area contributed by atoms with Gasteiger partial charge in [0.05, 0.1) is 18.9 Å². The second kappa shape index (κ2) is 8.03. The molecule has 1 saturated carbocycles. The minimum absolute atomic E-state index is 0.238. The molecule has 0 bridgehead atoms. The maximum atomic E-state index is 6.22. The van der Waals surface area contributed by atoms with Crippen molar-refractivity contribution in [2.45, 2.75) is 44.3 Å². The van der Waals surface area contributed by atoms with Crippen LogP contribution in [0, 0.1) is 0 Å². The van der Waals surface area contributed by atoms with Crippen LogP contribution in [-0.2, 0) is 10.4 Å². The molecule has 3 aromatic rings. The lowest BCUT2D eigenvalue weighted by atomic mass is 10.0. The van der Waals surface area contributed by atoms with Crippen molar-refractivity contribution in [3.63, 3.8) is 0 Å². The van der Waals surface area contributed by atoms with E-state index in [1.165, 1.54) is 12.8 Å². The van der Waals surface area contributed by atoms with Gasteiger partial charge in [-0.3, -0.25) is 15.3 Å². The molecule has 2 aromatic heterocycles. The minimum Gasteiger partial charge on any atom is -0.493 e. The lowest BCUT2D eigenvalue weighted by Crippen LogP contribution is -2.24. The van der Waals surface area contributed by atoms with Crippen molar-refractivity contribution in [2.24, 2.45) is 0 Å². The number of rotatable bonds is 6. The standard InChI is InChI=1S/C23H24N4O4/c1-23(22-25-21(30-27-22)15-9-11-24-12-10-15)14-18(26-31-23)16-7-8-19(28-2)20(13-16)29-17-5-3-4-6-17/h7-14,17,26H,3-6H2,1-2H3. The van der Waals surface area contributed by atoms with E-state index >= 15 is 0 Å². The van der Waals surface area contributed by atoms with E-state index in [1.807, 2.05) is 43.3 Å². The van der Waals surface area contributed by atoms with E-state index in [0.29, 0.717) is 11.7 Å². The Morgan fingerprint density at radius 3 is 2.65 bits per heavy atom. The van der Waals surface area contributed by atoms with Crippen molar-refractivity contribution < 1.29 is 18.8 Å². The molecule has 1 aliphatic heterocycles. The molecule has 160 valence electrons. The molecule has 0 spiro atoms. The lowest BCUT2D eigenvalue weighted by molar-refractivity contribution is -0.0319. The molecule has 8 heteroatoms. The number of nitrogens with one attached hydrogen (secondary N) is 1. The highest BCUT2D eigenvalue weighted by Crippen LogP contribution is 2.38. The first-order chi connectivity index (χ1) is 15.1. The maximum absolute atomic E-state index is 6.22. The minimum atomic E-state index is -0.878. The van der Waals surface area contributed by atoms with Gasteiger partial charge < -0.3 is 14.0 Å². The van der Waals surface area contributed by atoms with Gasteiger partial charge in [-0.2, -0.15) is 4.98 Å². The molecule has 1 aromatic carbocycles. The predicted molar refractivity (Wildman–Crippen MR) is 113 cm³/mol. The number of pyridine rings is 1. The van der Waals surface area contributed by atoms with E-state index in [9.17, 15) is 0 Å². The first-order valence-electron chi connectivity index (χ1n) is 10.4. The summed E-state index contributed by atoms with van der Waals surface area (Å²) in [6.07, 6.45) is 10.1. The van der Waals surface area contributed by atoms with Gasteiger partial charge in [0.1, 0.15) is 0 Å². The van der Waals surface area contributed by atoms with Gasteiger partial charge in [0.15, 0.2) is 17.1 Å². The molecule has 0 radical (unpaired) electrons. The highest BCUT2D eigenvalue weighted by molar-refractivity contribution is 5.68. The molecule has 1 fully saturated rings. The van der Waals surface area contributed by atoms with E-state index in [1.54, 1.807) is 19.5 Å². The van der Waals surface area contributed by atoms with Crippen LogP contribution in [0.15, 0.2) is 53.3 Å². The summed E-state index contributed by atoms with van der Waals surface area (Å²) in [4.78, 5) is 14.4. The van der Waals surface area contributed by atoms with Crippen molar-refractivity contribution in [3.05, 3.63) is 60.2 Å². The predicted octanol–water partition coefficient (Wildman–Crippen LogP) is 4.25. The third-order valence-electron chi connectivity index (χ3n) is 5.66. The summed E-state index contributed by atoms with van der Waals surface area (Å²) in [5, 5.41) is 4.13. The number of benzene rings is 1. The zero-order chi connectivity index (χ0) is 21.3. The van der Waals surface area contributed by atoms with Crippen molar-refractivity contribution in [1.29, 1.82) is 0 Å². The van der Waals surface area contributed by atoms with Gasteiger partial charge in [0.2, 0.25) is 5.82 Å². The summed E-state index contributed by atoms with van der Waals surface area (Å²) >= 11 is 0. The molecule has 5 rings (SSSR count). The number of ether oxygens (including phenoxy) is 2. The fraction of sp³-hybridized carbons (Fsp3) is 0.348. The van der Waals surface area contributed by atoms with Gasteiger partial charge >= 0.3 is 0 Å². The molecule has 1 aliphatic carbocycles. The normalized spacial score (nSPS) is 21.0. The van der Waals surface area contributed by atoms with Gasteiger partial charge in [-0.05, 0) is 69.0 Å². The highest BCUT2D eigenvalue weighted by atomic mass is 16.7. The number of nitrogens with zero attached hydrogens (tertiary/aromatic N) is 3. The molecule has 1 unspecified atom stereocenters. The van der Waals surface area contributed by atoms with Crippen LogP contribution >= 0.6 is 0 Å². The van der Waals surface area contributed by atoms with Crippen molar-refractivity contribution >= 4 is 5.70 Å². The average Bonchev–Trinajstić information content (AvgIpc) is 3.56. The van der Waals surface area contributed by atoms with Gasteiger partial charge in [0, 0.05) is 23.5 Å². The number of hydrogen-bond donors (Lipinski definition) is 1. The third kappa shape index (κ3) is 3.86. The zero-order valence-electron chi connectivity index (χ0n) is 17.5. The first kappa shape index (κ1) is 19.6. The highest BCUT2D eigenvalue weighted by Gasteiger charge is 2.37. The van der Waals surface area contributed by atoms with Gasteiger partial charge in [0.25, 0.3) is 5.89 Å². The van der Waals surface area contributed by atoms with Crippen molar-refractivity contribution in [3.8, 4) is 23.0 Å². The summed E-state index contributed by atoms with van der Waals surface area (Å²) in [5.74, 6) is 2.30. The Balaban J connectivity index is 1.41. The second-order valence-electron chi connectivity index (χ2n) is 7.92. The summed E-state index contributed by atoms with van der Waals surface area (Å²) in [6, 6.07) is 9.49. The molecular weight excluding hydrogens is 396 g/mol. The van der Waals surface area contributed by atoms with E-state index in [-0.39, 0.29) is 6.10 Å². The fourth-order valence-corrected chi connectivity index (χ4v) is 3.91. The quantitative estimate of drug-likeness (QED) is 0.633. The Bertz CT molecular complexity index is 1090. The molecule has 3 heterocycles. The smallest absolute Gasteiger partial charge is 0.258 e. The monoisotopic (exact) mass is 420 g/mol. The van der Waals surface area contributed by atoms with E-state index < -0.39 is 5.60 Å². The van der Waals surface area contributed by atoms with Crippen LogP contribution in [0.3, 0.4) is 0 Å². The Labute approximate surface area is 180 Å². The Morgan fingerprint density at radius 2 is 1.87 bits per heavy atom. The van der Waals surface area contributed by atoms with Crippen LogP contribution in [0.4, 0.5) is 0 Å². The zero-order valence-corrected chi connectivity index (χ0v) is 17.5. The van der Waals surface area contributed by atoms with Crippen LogP contribution in [0.2, 0.25) is 0 Å². The number of hydrogen-bond acceptors (Lipinski definition) is 8. The fourth-order valence-electron chi connectivity index (χ4n) is 3.91. The molecule has 0 amide bonds. The van der Waals surface area contributed by atoms with Crippen LogP contribution < -0.4 is 15.0 Å². The van der Waals surface area contributed by atoms with Gasteiger partial charge in [-0.25, -0.2) is 0 Å². The Morgan fingerprint density at radius 1 is 1.06 bits per heavy atom. The van der Waals surface area contributed by atoms with Gasteiger partial charge in [-0.1, -0.05) is 5.16 Å². The summed E-state index contributed by atoms with van der Waals surface area (Å²) in [7, 11) is 1.65. The lowest BCUT2D eigenvalue weighted by Gasteiger charge is -2.17. The average molecular weight is 420 g/mol. The maximum Gasteiger partial charge on any atom is 0.258 e. The largest absolute Gasteiger partial charge is 0.493 e. The third-order valence-corrected chi connectivity index (χ3v) is 5.66. The van der Waals surface area contributed by atoms with E-state index in [4.69, 9.17) is 18.8 Å². The van der Waals surface area contributed by atoms with Crippen LogP contribution in [0.5, 0.6) is 11.5 Å². The molecule has 2 aliphatic rings. The first-order valence-corrected chi connectivity index (χ1v) is 10.4. The number of hydroxylamine groups is 1. The summed E-state index contributed by atoms with van der Waals surface area (Å²) < 4.78 is 17.1. The SMILES string of the molecule is COc1ccc(C2=CC(C)(c3noc(-c4ccncc4)n3)ON2)cc1OC1CCCC1. The topological polar surface area (TPSA) is 91.5 Å². The van der Waals surface area contributed by atoms with E-state index in [0.717, 1.165) is 41.2 Å².